The highest BCUT2D eigenvalue weighted by Crippen LogP contribution is 2.42. The van der Waals surface area contributed by atoms with Gasteiger partial charge in [0.25, 0.3) is 0 Å². The van der Waals surface area contributed by atoms with Gasteiger partial charge in [-0.3, -0.25) is 19.2 Å². The number of nitrogens with zero attached hydrogens (tertiary/aromatic N) is 2. The second-order valence-corrected chi connectivity index (χ2v) is 16.1. The summed E-state index contributed by atoms with van der Waals surface area (Å²) in [6.45, 7) is 7.14. The van der Waals surface area contributed by atoms with Crippen LogP contribution >= 0.6 is 8.58 Å². The average Bonchev–Trinajstić information content (AvgIpc) is 3.13. The fourth-order valence-electron chi connectivity index (χ4n) is 7.65. The lowest BCUT2D eigenvalue weighted by Gasteiger charge is -2.43. The lowest BCUT2D eigenvalue weighted by atomic mass is 9.74. The Bertz CT molecular complexity index is 1620. The van der Waals surface area contributed by atoms with Gasteiger partial charge in [0.1, 0.15) is 0 Å². The van der Waals surface area contributed by atoms with Gasteiger partial charge in [0, 0.05) is 44.6 Å². The van der Waals surface area contributed by atoms with E-state index in [2.05, 4.69) is 35.6 Å². The van der Waals surface area contributed by atoms with E-state index in [1.165, 1.54) is 0 Å². The number of amides is 3. The van der Waals surface area contributed by atoms with Gasteiger partial charge >= 0.3 is 0 Å². The van der Waals surface area contributed by atoms with Gasteiger partial charge in [0.15, 0.2) is 5.52 Å². The quantitative estimate of drug-likeness (QED) is 0.147. The van der Waals surface area contributed by atoms with Crippen LogP contribution in [-0.2, 0) is 32.0 Å². The molecule has 2 fully saturated rings. The molecule has 3 N–H and O–H groups in total. The minimum Gasteiger partial charge on any atom is -0.356 e. The standard InChI is InChI=1S/C41H55N4O4P/c1-3-43-38(48)41(29-31-13-6-4-7-14-31)20-12-24-45(30-41)37(47)35(28-32-18-19-33-15-9-10-16-34(33)27-32)50-39(49)40(2)21-25-44(26-22-40)36(46)17-8-5-11-23-42/h4,6-7,9-10,13-16,18-19,27,35,50H,3,5,8,11-12,17,20-26,28-30,42H2,1-2H3,(H,43,48)/t35?,41-/m0/s1. The third kappa shape index (κ3) is 9.38. The number of carbonyl (C=O) groups excluding carboxylic acids is 4. The summed E-state index contributed by atoms with van der Waals surface area (Å²) in [4.78, 5) is 59.3. The number of unbranched alkanes of at least 4 members (excludes halogenated alkanes) is 2. The summed E-state index contributed by atoms with van der Waals surface area (Å²) in [7, 11) is -0.203. The van der Waals surface area contributed by atoms with E-state index >= 15 is 0 Å². The Morgan fingerprint density at radius 2 is 1.56 bits per heavy atom. The van der Waals surface area contributed by atoms with Gasteiger partial charge in [-0.15, -0.1) is 0 Å². The van der Waals surface area contributed by atoms with Crippen LogP contribution in [-0.4, -0.2) is 78.0 Å². The number of piperidine rings is 2. The van der Waals surface area contributed by atoms with Crippen LogP contribution in [0.15, 0.2) is 72.8 Å². The number of rotatable bonds is 15. The first-order valence-electron chi connectivity index (χ1n) is 18.5. The van der Waals surface area contributed by atoms with Crippen molar-refractivity contribution in [1.29, 1.82) is 0 Å². The summed E-state index contributed by atoms with van der Waals surface area (Å²) in [5, 5.41) is 5.31. The Morgan fingerprint density at radius 3 is 2.28 bits per heavy atom. The molecule has 3 aromatic rings. The molecule has 3 aromatic carbocycles. The lowest BCUT2D eigenvalue weighted by molar-refractivity contribution is -0.141. The highest BCUT2D eigenvalue weighted by molar-refractivity contribution is 7.59. The SMILES string of the molecule is CCNC(=O)[C@]1(Cc2ccccc2)CCCN(C(=O)C(Cc2ccc3ccccc3c2)PC(=O)C2(C)CCN(C(=O)CCCCCN)CC2)C1. The maximum Gasteiger partial charge on any atom is 0.230 e. The molecular weight excluding hydrogens is 643 g/mol. The third-order valence-corrected chi connectivity index (χ3v) is 12.5. The van der Waals surface area contributed by atoms with Crippen LogP contribution in [0.2, 0.25) is 0 Å². The van der Waals surface area contributed by atoms with E-state index in [-0.39, 0.29) is 31.8 Å². The molecule has 9 heteroatoms. The number of carbonyl (C=O) groups is 4. The molecule has 0 bridgehead atoms. The van der Waals surface area contributed by atoms with Crippen molar-refractivity contribution >= 4 is 42.6 Å². The summed E-state index contributed by atoms with van der Waals surface area (Å²) in [6.07, 6.45) is 6.89. The normalized spacial score (nSPS) is 19.8. The predicted octanol–water partition coefficient (Wildman–Crippen LogP) is 6.09. The van der Waals surface area contributed by atoms with Crippen LogP contribution < -0.4 is 11.1 Å². The maximum absolute atomic E-state index is 14.7. The first kappa shape index (κ1) is 37.6. The number of hydrogen-bond acceptors (Lipinski definition) is 5. The first-order valence-corrected chi connectivity index (χ1v) is 19.6. The van der Waals surface area contributed by atoms with Crippen molar-refractivity contribution in [3.63, 3.8) is 0 Å². The zero-order valence-corrected chi connectivity index (χ0v) is 30.9. The van der Waals surface area contributed by atoms with E-state index in [1.807, 2.05) is 66.1 Å². The van der Waals surface area contributed by atoms with E-state index in [0.717, 1.165) is 47.6 Å². The fraction of sp³-hybridized carbons (Fsp3) is 0.512. The van der Waals surface area contributed by atoms with E-state index in [0.29, 0.717) is 77.8 Å². The molecule has 2 heterocycles. The minimum atomic E-state index is -0.735. The van der Waals surface area contributed by atoms with Crippen molar-refractivity contribution < 1.29 is 19.2 Å². The van der Waals surface area contributed by atoms with Gasteiger partial charge in [-0.05, 0) is 95.3 Å². The van der Waals surface area contributed by atoms with Gasteiger partial charge in [-0.2, -0.15) is 0 Å². The molecule has 8 nitrogen and oxygen atoms in total. The highest BCUT2D eigenvalue weighted by Gasteiger charge is 2.45. The van der Waals surface area contributed by atoms with Crippen molar-refractivity contribution in [3.05, 3.63) is 83.9 Å². The molecule has 3 amide bonds. The molecule has 268 valence electrons. The van der Waals surface area contributed by atoms with Crippen LogP contribution in [0, 0.1) is 10.8 Å². The number of benzene rings is 3. The van der Waals surface area contributed by atoms with Gasteiger partial charge in [-0.25, -0.2) is 0 Å². The van der Waals surface area contributed by atoms with Crippen LogP contribution in [0.4, 0.5) is 0 Å². The second-order valence-electron chi connectivity index (χ2n) is 14.6. The molecule has 2 aliphatic rings. The molecule has 50 heavy (non-hydrogen) atoms. The summed E-state index contributed by atoms with van der Waals surface area (Å²) in [5.41, 5.74) is 5.97. The van der Waals surface area contributed by atoms with Gasteiger partial charge in [0.2, 0.25) is 17.7 Å². The Labute approximate surface area is 299 Å². The third-order valence-electron chi connectivity index (χ3n) is 10.8. The molecule has 0 aliphatic carbocycles. The molecule has 5 rings (SSSR count). The second kappa shape index (κ2) is 17.5. The number of fused-ring (bicyclic) bond motifs is 1. The van der Waals surface area contributed by atoms with Crippen LogP contribution in [0.1, 0.15) is 76.3 Å². The van der Waals surface area contributed by atoms with Crippen molar-refractivity contribution in [3.8, 4) is 0 Å². The number of hydrogen-bond donors (Lipinski definition) is 2. The summed E-state index contributed by atoms with van der Waals surface area (Å²) in [5.74, 6) is 0.0960. The van der Waals surface area contributed by atoms with Crippen molar-refractivity contribution in [2.75, 3.05) is 39.3 Å². The number of likely N-dealkylation sites (tertiary alicyclic amines) is 2. The number of nitrogens with two attached hydrogens (primary N) is 1. The van der Waals surface area contributed by atoms with Gasteiger partial charge in [-0.1, -0.05) is 86.1 Å². The zero-order chi connectivity index (χ0) is 35.6. The zero-order valence-electron chi connectivity index (χ0n) is 29.9. The fourth-order valence-corrected chi connectivity index (χ4v) is 9.21. The molecule has 0 radical (unpaired) electrons. The first-order chi connectivity index (χ1) is 24.2. The van der Waals surface area contributed by atoms with E-state index in [9.17, 15) is 19.2 Å². The summed E-state index contributed by atoms with van der Waals surface area (Å²) >= 11 is 0. The maximum atomic E-state index is 14.7. The Morgan fingerprint density at radius 1 is 0.840 bits per heavy atom. The average molecular weight is 699 g/mol. The monoisotopic (exact) mass is 698 g/mol. The smallest absolute Gasteiger partial charge is 0.230 e. The number of nitrogens with one attached hydrogen (secondary N) is 1. The van der Waals surface area contributed by atoms with Gasteiger partial charge < -0.3 is 20.9 Å². The minimum absolute atomic E-state index is 0.0147. The molecule has 2 unspecified atom stereocenters. The van der Waals surface area contributed by atoms with Crippen LogP contribution in [0.5, 0.6) is 0 Å². The summed E-state index contributed by atoms with van der Waals surface area (Å²) in [6, 6.07) is 24.5. The molecule has 0 spiro atoms. The van der Waals surface area contributed by atoms with Gasteiger partial charge in [0.05, 0.1) is 11.1 Å². The Kier molecular flexibility index (Phi) is 13.2. The molecule has 0 saturated carbocycles. The summed E-state index contributed by atoms with van der Waals surface area (Å²) < 4.78 is 0. The molecule has 2 saturated heterocycles. The van der Waals surface area contributed by atoms with Crippen molar-refractivity contribution in [2.24, 2.45) is 16.6 Å². The van der Waals surface area contributed by atoms with E-state index < -0.39 is 16.5 Å². The van der Waals surface area contributed by atoms with Crippen LogP contribution in [0.25, 0.3) is 10.8 Å². The molecular formula is C41H55N4O4P. The molecule has 3 atom stereocenters. The Balaban J connectivity index is 1.35. The van der Waals surface area contributed by atoms with E-state index in [4.69, 9.17) is 5.73 Å². The predicted molar refractivity (Wildman–Crippen MR) is 203 cm³/mol. The van der Waals surface area contributed by atoms with Crippen molar-refractivity contribution in [2.45, 2.75) is 83.7 Å². The van der Waals surface area contributed by atoms with E-state index in [1.54, 1.807) is 0 Å². The topological polar surface area (TPSA) is 113 Å². The highest BCUT2D eigenvalue weighted by atomic mass is 31.1. The van der Waals surface area contributed by atoms with Crippen molar-refractivity contribution in [1.82, 2.24) is 15.1 Å². The molecule has 0 aromatic heterocycles. The lowest BCUT2D eigenvalue weighted by Crippen LogP contribution is -2.56. The Hall–Kier alpha value is -3.61. The molecule has 2 aliphatic heterocycles. The largest absolute Gasteiger partial charge is 0.356 e. The van der Waals surface area contributed by atoms with Crippen LogP contribution in [0.3, 0.4) is 0 Å².